The fraction of sp³-hybridized carbons (Fsp3) is 0.167. The Morgan fingerprint density at radius 2 is 2.12 bits per heavy atom. The van der Waals surface area contributed by atoms with Crippen LogP contribution in [0.25, 0.3) is 0 Å². The molecule has 0 aliphatic carbocycles. The van der Waals surface area contributed by atoms with Crippen molar-refractivity contribution in [2.75, 3.05) is 0 Å². The molecule has 0 radical (unpaired) electrons. The van der Waals surface area contributed by atoms with Crippen LogP contribution in [0.3, 0.4) is 0 Å². The van der Waals surface area contributed by atoms with Crippen LogP contribution in [0, 0.1) is 0 Å². The van der Waals surface area contributed by atoms with E-state index in [1.165, 1.54) is 11.8 Å². The van der Waals surface area contributed by atoms with Crippen LogP contribution in [0.2, 0.25) is 0 Å². The fourth-order valence-corrected chi connectivity index (χ4v) is 0.744. The van der Waals surface area contributed by atoms with Gasteiger partial charge in [0, 0.05) is 4.91 Å². The molecule has 0 aromatic rings. The van der Waals surface area contributed by atoms with E-state index < -0.39 is 0 Å². The molecule has 8 heavy (non-hydrogen) atoms. The zero-order valence-corrected chi connectivity index (χ0v) is 5.62. The first-order valence-corrected chi connectivity index (χ1v) is 2.96. The summed E-state index contributed by atoms with van der Waals surface area (Å²) in [6, 6.07) is 0. The van der Waals surface area contributed by atoms with Crippen LogP contribution in [0.5, 0.6) is 0 Å². The van der Waals surface area contributed by atoms with E-state index >= 15 is 0 Å². The fourth-order valence-electron chi connectivity index (χ4n) is 0.248. The van der Waals surface area contributed by atoms with Crippen molar-refractivity contribution in [3.63, 3.8) is 0 Å². The van der Waals surface area contributed by atoms with Crippen molar-refractivity contribution in [2.24, 2.45) is 0 Å². The summed E-state index contributed by atoms with van der Waals surface area (Å²) in [7, 11) is 0. The summed E-state index contributed by atoms with van der Waals surface area (Å²) in [6.07, 6.45) is 0.722. The van der Waals surface area contributed by atoms with E-state index in [9.17, 15) is 4.79 Å². The molecular weight excluding hydrogens is 120 g/mol. The highest BCUT2D eigenvalue weighted by Crippen LogP contribution is 2.18. The highest BCUT2D eigenvalue weighted by molar-refractivity contribution is 8.07. The van der Waals surface area contributed by atoms with E-state index in [-0.39, 0.29) is 0 Å². The first-order chi connectivity index (χ1) is 3.66. The van der Waals surface area contributed by atoms with Crippen LogP contribution in [0.4, 0.5) is 0 Å². The third-order valence-electron chi connectivity index (χ3n) is 0.437. The van der Waals surface area contributed by atoms with Gasteiger partial charge in [-0.15, -0.1) is 0 Å². The Hall–Kier alpha value is -0.500. The van der Waals surface area contributed by atoms with Crippen LogP contribution in [0.1, 0.15) is 6.92 Å². The van der Waals surface area contributed by atoms with Crippen molar-refractivity contribution in [3.05, 3.63) is 23.0 Å². The lowest BCUT2D eigenvalue weighted by Gasteiger charge is -1.91. The number of carbonyl (C=O) groups excluding carboxylic acids is 1. The Bertz CT molecular complexity index is 126. The number of hydrogen-bond acceptors (Lipinski definition) is 2. The summed E-state index contributed by atoms with van der Waals surface area (Å²) >= 11 is 1.30. The summed E-state index contributed by atoms with van der Waals surface area (Å²) in [5.41, 5.74) is 0. The largest absolute Gasteiger partial charge is 0.297 e. The zero-order chi connectivity index (χ0) is 6.57. The second-order valence-electron chi connectivity index (χ2n) is 1.39. The van der Waals surface area contributed by atoms with Gasteiger partial charge in [-0.3, -0.25) is 4.79 Å². The van der Waals surface area contributed by atoms with E-state index in [2.05, 4.69) is 13.2 Å². The molecule has 0 unspecified atom stereocenters. The van der Waals surface area contributed by atoms with Gasteiger partial charge in [0.2, 0.25) is 0 Å². The molecule has 0 atom stereocenters. The third kappa shape index (κ3) is 3.68. The maximum absolute atomic E-state index is 9.88. The SMILES string of the molecule is C=C(C)SC(=C)C=O. The lowest BCUT2D eigenvalue weighted by Crippen LogP contribution is -1.71. The van der Waals surface area contributed by atoms with E-state index in [4.69, 9.17) is 0 Å². The normalized spacial score (nSPS) is 8.12. The summed E-state index contributed by atoms with van der Waals surface area (Å²) in [5, 5.41) is 0. The molecule has 2 heteroatoms. The average molecular weight is 128 g/mol. The average Bonchev–Trinajstić information content (AvgIpc) is 1.65. The summed E-state index contributed by atoms with van der Waals surface area (Å²) < 4.78 is 0. The Morgan fingerprint density at radius 1 is 1.62 bits per heavy atom. The second kappa shape index (κ2) is 3.50. The highest BCUT2D eigenvalue weighted by atomic mass is 32.2. The predicted octanol–water partition coefficient (Wildman–Crippen LogP) is 1.97. The number of thioether (sulfide) groups is 1. The number of aldehydes is 1. The van der Waals surface area contributed by atoms with Gasteiger partial charge in [-0.25, -0.2) is 0 Å². The first kappa shape index (κ1) is 7.50. The molecule has 0 bridgehead atoms. The molecule has 0 heterocycles. The van der Waals surface area contributed by atoms with Crippen LogP contribution < -0.4 is 0 Å². The molecule has 0 saturated carbocycles. The third-order valence-corrected chi connectivity index (χ3v) is 1.14. The van der Waals surface area contributed by atoms with E-state index in [1.54, 1.807) is 0 Å². The maximum Gasteiger partial charge on any atom is 0.156 e. The van der Waals surface area contributed by atoms with Gasteiger partial charge in [-0.05, 0) is 11.8 Å². The number of hydrogen-bond donors (Lipinski definition) is 0. The van der Waals surface area contributed by atoms with Gasteiger partial charge in [-0.1, -0.05) is 24.9 Å². The van der Waals surface area contributed by atoms with Gasteiger partial charge in [0.25, 0.3) is 0 Å². The van der Waals surface area contributed by atoms with Crippen LogP contribution >= 0.6 is 11.8 Å². The maximum atomic E-state index is 9.88. The molecule has 0 saturated heterocycles. The second-order valence-corrected chi connectivity index (χ2v) is 2.81. The Balaban J connectivity index is 3.55. The first-order valence-electron chi connectivity index (χ1n) is 2.14. The molecule has 0 N–H and O–H groups in total. The number of rotatable bonds is 3. The molecule has 0 aliphatic rings. The molecular formula is C6H8OS. The highest BCUT2D eigenvalue weighted by Gasteiger charge is 1.89. The monoisotopic (exact) mass is 128 g/mol. The molecule has 1 nitrogen and oxygen atoms in total. The van der Waals surface area contributed by atoms with E-state index in [1.807, 2.05) is 6.92 Å². The van der Waals surface area contributed by atoms with Crippen molar-refractivity contribution >= 4 is 18.0 Å². The summed E-state index contributed by atoms with van der Waals surface area (Å²) in [6.45, 7) is 8.87. The van der Waals surface area contributed by atoms with E-state index in [0.29, 0.717) is 4.91 Å². The smallest absolute Gasteiger partial charge is 0.156 e. The molecule has 0 fully saturated rings. The number of carbonyl (C=O) groups is 1. The van der Waals surface area contributed by atoms with Gasteiger partial charge in [0.15, 0.2) is 6.29 Å². The zero-order valence-electron chi connectivity index (χ0n) is 4.81. The van der Waals surface area contributed by atoms with Gasteiger partial charge < -0.3 is 0 Å². The Labute approximate surface area is 53.5 Å². The van der Waals surface area contributed by atoms with Gasteiger partial charge in [0.1, 0.15) is 0 Å². The van der Waals surface area contributed by atoms with Crippen LogP contribution in [-0.2, 0) is 4.79 Å². The van der Waals surface area contributed by atoms with Crippen molar-refractivity contribution in [2.45, 2.75) is 6.92 Å². The predicted molar refractivity (Wildman–Crippen MR) is 37.6 cm³/mol. The van der Waals surface area contributed by atoms with Crippen LogP contribution in [0.15, 0.2) is 23.0 Å². The molecule has 0 aromatic heterocycles. The minimum absolute atomic E-state index is 0.512. The topological polar surface area (TPSA) is 17.1 Å². The molecule has 0 aromatic carbocycles. The van der Waals surface area contributed by atoms with Crippen molar-refractivity contribution in [1.82, 2.24) is 0 Å². The molecule has 0 rings (SSSR count). The van der Waals surface area contributed by atoms with E-state index in [0.717, 1.165) is 11.2 Å². The molecule has 0 spiro atoms. The van der Waals surface area contributed by atoms with Gasteiger partial charge in [0.05, 0.1) is 0 Å². The summed E-state index contributed by atoms with van der Waals surface area (Å²) in [5.74, 6) is 0. The lowest BCUT2D eigenvalue weighted by atomic mass is 10.7. The minimum Gasteiger partial charge on any atom is -0.297 e. The van der Waals surface area contributed by atoms with Crippen molar-refractivity contribution in [1.29, 1.82) is 0 Å². The lowest BCUT2D eigenvalue weighted by molar-refractivity contribution is -0.104. The van der Waals surface area contributed by atoms with Crippen molar-refractivity contribution < 1.29 is 4.79 Å². The van der Waals surface area contributed by atoms with Gasteiger partial charge in [-0.2, -0.15) is 0 Å². The van der Waals surface area contributed by atoms with Gasteiger partial charge >= 0.3 is 0 Å². The Kier molecular flexibility index (Phi) is 3.28. The Morgan fingerprint density at radius 3 is 2.25 bits per heavy atom. The molecule has 0 aliphatic heterocycles. The quantitative estimate of drug-likeness (QED) is 0.427. The molecule has 0 amide bonds. The van der Waals surface area contributed by atoms with Crippen molar-refractivity contribution in [3.8, 4) is 0 Å². The molecule has 44 valence electrons. The minimum atomic E-state index is 0.512. The van der Waals surface area contributed by atoms with Crippen LogP contribution in [-0.4, -0.2) is 6.29 Å². The standard InChI is InChI=1S/C6H8OS/c1-5(2)8-6(3)4-7/h4H,1,3H2,2H3. The summed E-state index contributed by atoms with van der Waals surface area (Å²) in [4.78, 5) is 11.3. The number of allylic oxidation sites excluding steroid dienone is 2.